The van der Waals surface area contributed by atoms with Crippen LogP contribution in [-0.2, 0) is 21.0 Å². The van der Waals surface area contributed by atoms with Crippen LogP contribution < -0.4 is 14.8 Å². The number of ether oxygens (including phenoxy) is 1. The first-order valence-corrected chi connectivity index (χ1v) is 9.28. The molecule has 2 N–H and O–H groups in total. The van der Waals surface area contributed by atoms with E-state index in [2.05, 4.69) is 0 Å². The minimum Gasteiger partial charge on any atom is -0.476 e. The van der Waals surface area contributed by atoms with Crippen molar-refractivity contribution in [3.05, 3.63) is 53.1 Å². The fraction of sp³-hybridized carbons (Fsp3) is 0.188. The molecule has 1 heterocycles. The lowest BCUT2D eigenvalue weighted by Crippen LogP contribution is -2.49. The lowest BCUT2D eigenvalue weighted by molar-refractivity contribution is -0.137. The van der Waals surface area contributed by atoms with Crippen molar-refractivity contribution in [2.24, 2.45) is 5.73 Å². The smallest absolute Gasteiger partial charge is 0.416 e. The number of amides is 1. The minimum atomic E-state index is -4.76. The van der Waals surface area contributed by atoms with E-state index in [9.17, 15) is 26.4 Å². The van der Waals surface area contributed by atoms with Crippen molar-refractivity contribution in [3.8, 4) is 5.75 Å². The molecule has 0 bridgehead atoms. The predicted molar refractivity (Wildman–Crippen MR) is 91.0 cm³/mol. The molecule has 144 valence electrons. The molecular formula is C16H12ClF3N2O4S. The third-order valence-electron chi connectivity index (χ3n) is 3.88. The number of nitrogens with zero attached hydrogens (tertiary/aromatic N) is 1. The number of hydrogen-bond acceptors (Lipinski definition) is 4. The van der Waals surface area contributed by atoms with Gasteiger partial charge >= 0.3 is 6.18 Å². The lowest BCUT2D eigenvalue weighted by atomic mass is 10.2. The Labute approximate surface area is 157 Å². The largest absolute Gasteiger partial charge is 0.476 e. The van der Waals surface area contributed by atoms with Crippen molar-refractivity contribution < 1.29 is 31.1 Å². The molecule has 0 radical (unpaired) electrons. The van der Waals surface area contributed by atoms with E-state index in [0.717, 1.165) is 10.4 Å². The van der Waals surface area contributed by atoms with Gasteiger partial charge in [0.25, 0.3) is 15.9 Å². The molecule has 11 heteroatoms. The minimum absolute atomic E-state index is 0.0548. The maximum absolute atomic E-state index is 13.1. The van der Waals surface area contributed by atoms with Crippen molar-refractivity contribution in [1.29, 1.82) is 0 Å². The molecule has 1 aliphatic rings. The van der Waals surface area contributed by atoms with Gasteiger partial charge in [0, 0.05) is 0 Å². The summed E-state index contributed by atoms with van der Waals surface area (Å²) in [7, 11) is -4.54. The molecule has 0 spiro atoms. The molecule has 0 aromatic heterocycles. The molecular weight excluding hydrogens is 409 g/mol. The van der Waals surface area contributed by atoms with Crippen LogP contribution in [0.4, 0.5) is 18.9 Å². The molecule has 1 amide bonds. The zero-order chi connectivity index (χ0) is 20.0. The Morgan fingerprint density at radius 2 is 1.89 bits per heavy atom. The molecule has 27 heavy (non-hydrogen) atoms. The van der Waals surface area contributed by atoms with Gasteiger partial charge in [0.1, 0.15) is 10.6 Å². The Morgan fingerprint density at radius 3 is 2.52 bits per heavy atom. The second-order valence-corrected chi connectivity index (χ2v) is 7.89. The van der Waals surface area contributed by atoms with Crippen molar-refractivity contribution in [2.75, 3.05) is 10.8 Å². The van der Waals surface area contributed by atoms with E-state index in [1.165, 1.54) is 18.2 Å². The predicted octanol–water partition coefficient (Wildman–Crippen LogP) is 2.80. The van der Waals surface area contributed by atoms with Crippen LogP contribution >= 0.6 is 11.6 Å². The summed E-state index contributed by atoms with van der Waals surface area (Å²) in [4.78, 5) is 10.8. The van der Waals surface area contributed by atoms with Gasteiger partial charge in [-0.25, -0.2) is 8.42 Å². The topological polar surface area (TPSA) is 89.7 Å². The summed E-state index contributed by atoms with van der Waals surface area (Å²) >= 11 is 5.88. The van der Waals surface area contributed by atoms with E-state index in [1.807, 2.05) is 0 Å². The molecule has 0 aliphatic carbocycles. The highest BCUT2D eigenvalue weighted by Crippen LogP contribution is 2.39. The Bertz CT molecular complexity index is 1010. The monoisotopic (exact) mass is 420 g/mol. The number of halogens is 4. The number of benzene rings is 2. The Morgan fingerprint density at radius 1 is 1.22 bits per heavy atom. The average molecular weight is 421 g/mol. The molecule has 2 aromatic rings. The number of carbonyl (C=O) groups is 1. The highest BCUT2D eigenvalue weighted by molar-refractivity contribution is 7.93. The van der Waals surface area contributed by atoms with Gasteiger partial charge in [-0.2, -0.15) is 13.2 Å². The number of hydrogen-bond donors (Lipinski definition) is 1. The number of alkyl halides is 3. The van der Waals surface area contributed by atoms with E-state index >= 15 is 0 Å². The number of sulfonamides is 1. The van der Waals surface area contributed by atoms with E-state index in [-0.39, 0.29) is 16.5 Å². The van der Waals surface area contributed by atoms with Gasteiger partial charge in [-0.15, -0.1) is 0 Å². The molecule has 1 atom stereocenters. The highest BCUT2D eigenvalue weighted by atomic mass is 35.5. The van der Waals surface area contributed by atoms with Crippen LogP contribution in [-0.4, -0.2) is 27.0 Å². The summed E-state index contributed by atoms with van der Waals surface area (Å²) < 4.78 is 71.3. The lowest BCUT2D eigenvalue weighted by Gasteiger charge is -2.34. The number of carbonyl (C=O) groups excluding carboxylic acids is 1. The van der Waals surface area contributed by atoms with Gasteiger partial charge in [-0.3, -0.25) is 9.10 Å². The van der Waals surface area contributed by atoms with Crippen molar-refractivity contribution in [2.45, 2.75) is 17.2 Å². The number of fused-ring (bicyclic) bond motifs is 1. The third-order valence-corrected chi connectivity index (χ3v) is 6.14. The number of primary amides is 1. The van der Waals surface area contributed by atoms with Gasteiger partial charge in [-0.1, -0.05) is 23.7 Å². The molecule has 0 unspecified atom stereocenters. The van der Waals surface area contributed by atoms with Crippen LogP contribution in [0.1, 0.15) is 5.56 Å². The van der Waals surface area contributed by atoms with Crippen LogP contribution in [0.15, 0.2) is 47.4 Å². The number of anilines is 1. The summed E-state index contributed by atoms with van der Waals surface area (Å²) in [5.74, 6) is -0.862. The summed E-state index contributed by atoms with van der Waals surface area (Å²) in [5, 5.41) is -0.386. The zero-order valence-corrected chi connectivity index (χ0v) is 15.0. The first-order chi connectivity index (χ1) is 12.5. The van der Waals surface area contributed by atoms with Gasteiger partial charge < -0.3 is 10.5 Å². The first kappa shape index (κ1) is 19.3. The molecule has 2 aromatic carbocycles. The van der Waals surface area contributed by atoms with Crippen LogP contribution in [0.25, 0.3) is 0 Å². The maximum atomic E-state index is 13.1. The highest BCUT2D eigenvalue weighted by Gasteiger charge is 2.39. The quantitative estimate of drug-likeness (QED) is 0.826. The van der Waals surface area contributed by atoms with E-state index < -0.39 is 45.2 Å². The second-order valence-electron chi connectivity index (χ2n) is 5.66. The number of rotatable bonds is 3. The second kappa shape index (κ2) is 6.61. The summed E-state index contributed by atoms with van der Waals surface area (Å²) in [6.07, 6.45) is -6.06. The molecule has 6 nitrogen and oxygen atoms in total. The fourth-order valence-corrected chi connectivity index (χ4v) is 4.55. The molecule has 1 aliphatic heterocycles. The van der Waals surface area contributed by atoms with E-state index in [1.54, 1.807) is 6.07 Å². The molecule has 0 fully saturated rings. The zero-order valence-electron chi connectivity index (χ0n) is 13.4. The first-order valence-electron chi connectivity index (χ1n) is 7.46. The number of para-hydroxylation sites is 2. The van der Waals surface area contributed by atoms with Crippen LogP contribution in [0.2, 0.25) is 5.02 Å². The molecule has 0 saturated heterocycles. The van der Waals surface area contributed by atoms with Crippen molar-refractivity contribution in [3.63, 3.8) is 0 Å². The van der Waals surface area contributed by atoms with E-state index in [4.69, 9.17) is 22.1 Å². The molecule has 0 saturated carbocycles. The summed E-state index contributed by atoms with van der Waals surface area (Å²) in [6.45, 7) is -0.499. The van der Waals surface area contributed by atoms with Gasteiger partial charge in [0.15, 0.2) is 6.10 Å². The summed E-state index contributed by atoms with van der Waals surface area (Å²) in [5.41, 5.74) is 4.11. The average Bonchev–Trinajstić information content (AvgIpc) is 2.59. The standard InChI is InChI=1S/C16H12ClF3N2O4S/c17-10-6-5-9(16(18,19)20)7-14(10)27(24,25)22-8-13(15(21)23)26-12-4-2-1-3-11(12)22/h1-7,13H,8H2,(H2,21,23)/t13-/m0/s1. The van der Waals surface area contributed by atoms with Crippen LogP contribution in [0, 0.1) is 0 Å². The summed E-state index contributed by atoms with van der Waals surface area (Å²) in [6, 6.07) is 7.87. The van der Waals surface area contributed by atoms with Gasteiger partial charge in [0.2, 0.25) is 0 Å². The van der Waals surface area contributed by atoms with Crippen LogP contribution in [0.3, 0.4) is 0 Å². The number of nitrogens with two attached hydrogens (primary N) is 1. The SMILES string of the molecule is NC(=O)[C@@H]1CN(S(=O)(=O)c2cc(C(F)(F)F)ccc2Cl)c2ccccc2O1. The van der Waals surface area contributed by atoms with Gasteiger partial charge in [-0.05, 0) is 30.3 Å². The van der Waals surface area contributed by atoms with Crippen LogP contribution in [0.5, 0.6) is 5.75 Å². The Kier molecular flexibility index (Phi) is 4.73. The van der Waals surface area contributed by atoms with Crippen molar-refractivity contribution in [1.82, 2.24) is 0 Å². The maximum Gasteiger partial charge on any atom is 0.416 e. The van der Waals surface area contributed by atoms with Crippen molar-refractivity contribution >= 4 is 33.2 Å². The third kappa shape index (κ3) is 3.54. The van der Waals surface area contributed by atoms with E-state index in [0.29, 0.717) is 12.1 Å². The fourth-order valence-electron chi connectivity index (χ4n) is 2.57. The van der Waals surface area contributed by atoms with Gasteiger partial charge in [0.05, 0.1) is 22.8 Å². The Balaban J connectivity index is 2.16. The molecule has 3 rings (SSSR count). The Hall–Kier alpha value is -2.46. The normalized spacial score (nSPS) is 17.2.